The summed E-state index contributed by atoms with van der Waals surface area (Å²) in [6, 6.07) is 19.9. The Morgan fingerprint density at radius 3 is 2.21 bits per heavy atom. The molecular formula is C15H11ClOS2. The third-order valence-electron chi connectivity index (χ3n) is 2.69. The van der Waals surface area contributed by atoms with Crippen molar-refractivity contribution in [1.82, 2.24) is 0 Å². The van der Waals surface area contributed by atoms with Gasteiger partial charge < -0.3 is 17.5 Å². The van der Waals surface area contributed by atoms with Crippen LogP contribution in [0.5, 0.6) is 5.75 Å². The number of benzene rings is 2. The van der Waals surface area contributed by atoms with Gasteiger partial charge in [0.25, 0.3) is 4.88 Å². The second kappa shape index (κ2) is 6.15. The first-order valence-corrected chi connectivity index (χ1v) is 7.76. The van der Waals surface area contributed by atoms with Gasteiger partial charge in [0.15, 0.2) is 10.3 Å². The number of phenols is 1. The Bertz CT molecular complexity index is 647. The highest BCUT2D eigenvalue weighted by atomic mass is 35.5. The van der Waals surface area contributed by atoms with Crippen molar-refractivity contribution < 1.29 is 17.5 Å². The standard InChI is InChI=1S/C15H10OS2.ClH/c16-13-8-6-12(7-9-13)15-10-14(17-18-15)11-4-2-1-3-5-11;/h1-10H;1H. The Kier molecular flexibility index (Phi) is 4.53. The molecule has 96 valence electrons. The Morgan fingerprint density at radius 2 is 1.53 bits per heavy atom. The van der Waals surface area contributed by atoms with Gasteiger partial charge in [0.1, 0.15) is 5.75 Å². The molecule has 3 aromatic rings. The number of rotatable bonds is 2. The summed E-state index contributed by atoms with van der Waals surface area (Å²) in [5, 5.41) is 9.29. The Hall–Kier alpha value is -1.42. The molecule has 0 amide bonds. The van der Waals surface area contributed by atoms with Crippen molar-refractivity contribution in [2.45, 2.75) is 0 Å². The molecular weight excluding hydrogens is 296 g/mol. The monoisotopic (exact) mass is 306 g/mol. The van der Waals surface area contributed by atoms with E-state index in [1.807, 2.05) is 18.2 Å². The summed E-state index contributed by atoms with van der Waals surface area (Å²) in [6.45, 7) is 0. The lowest BCUT2D eigenvalue weighted by atomic mass is 10.1. The first-order valence-electron chi connectivity index (χ1n) is 5.61. The van der Waals surface area contributed by atoms with Crippen LogP contribution < -0.4 is 12.4 Å². The van der Waals surface area contributed by atoms with Crippen molar-refractivity contribution in [3.05, 3.63) is 60.7 Å². The highest BCUT2D eigenvalue weighted by molar-refractivity contribution is 7.72. The molecule has 1 N–H and O–H groups in total. The third-order valence-corrected chi connectivity index (χ3v) is 5.17. The van der Waals surface area contributed by atoms with Crippen molar-refractivity contribution in [3.8, 4) is 26.6 Å². The number of hydrogen-bond donors (Lipinski definition) is 1. The molecule has 0 spiro atoms. The van der Waals surface area contributed by atoms with Gasteiger partial charge in [-0.25, -0.2) is 0 Å². The van der Waals surface area contributed by atoms with E-state index in [9.17, 15) is 5.11 Å². The number of halogens is 1. The van der Waals surface area contributed by atoms with Gasteiger partial charge >= 0.3 is 10.3 Å². The fourth-order valence-corrected chi connectivity index (χ4v) is 4.20. The SMILES string of the molecule is Oc1ccc(-c2cc(-c3ccccc3)[s+]s2)cc1.[Cl-]. The maximum atomic E-state index is 9.29. The van der Waals surface area contributed by atoms with E-state index in [2.05, 4.69) is 30.3 Å². The highest BCUT2D eigenvalue weighted by Gasteiger charge is 2.16. The zero-order valence-corrected chi connectivity index (χ0v) is 12.3. The Morgan fingerprint density at radius 1 is 0.842 bits per heavy atom. The molecule has 0 aliphatic carbocycles. The molecule has 0 bridgehead atoms. The largest absolute Gasteiger partial charge is 1.00 e. The summed E-state index contributed by atoms with van der Waals surface area (Å²) in [7, 11) is 3.54. The lowest BCUT2D eigenvalue weighted by Gasteiger charge is -1.94. The van der Waals surface area contributed by atoms with Crippen LogP contribution in [0.15, 0.2) is 60.7 Å². The van der Waals surface area contributed by atoms with Gasteiger partial charge in [-0.2, -0.15) is 0 Å². The predicted molar refractivity (Wildman–Crippen MR) is 79.1 cm³/mol. The lowest BCUT2D eigenvalue weighted by molar-refractivity contribution is -0.00000433. The molecule has 0 aliphatic rings. The number of hydrogen-bond acceptors (Lipinski definition) is 2. The Labute approximate surface area is 125 Å². The first-order chi connectivity index (χ1) is 8.83. The zero-order valence-electron chi connectivity index (χ0n) is 9.92. The molecule has 3 rings (SSSR count). The van der Waals surface area contributed by atoms with Gasteiger partial charge in [-0.15, -0.1) is 0 Å². The van der Waals surface area contributed by atoms with Crippen molar-refractivity contribution in [2.24, 2.45) is 0 Å². The van der Waals surface area contributed by atoms with E-state index >= 15 is 0 Å². The van der Waals surface area contributed by atoms with Crippen LogP contribution >= 0.6 is 20.7 Å². The molecule has 0 saturated carbocycles. The summed E-state index contributed by atoms with van der Waals surface area (Å²) in [4.78, 5) is 2.52. The number of phenolic OH excluding ortho intramolecular Hbond substituents is 1. The summed E-state index contributed by atoms with van der Waals surface area (Å²) in [5.74, 6) is 0.308. The zero-order chi connectivity index (χ0) is 12.4. The molecule has 19 heavy (non-hydrogen) atoms. The molecule has 4 heteroatoms. The van der Waals surface area contributed by atoms with Crippen LogP contribution in [0.1, 0.15) is 0 Å². The summed E-state index contributed by atoms with van der Waals surface area (Å²) >= 11 is 0. The van der Waals surface area contributed by atoms with E-state index in [1.54, 1.807) is 32.8 Å². The smallest absolute Gasteiger partial charge is 0.301 e. The van der Waals surface area contributed by atoms with Gasteiger partial charge in [-0.3, -0.25) is 0 Å². The van der Waals surface area contributed by atoms with E-state index in [4.69, 9.17) is 0 Å². The lowest BCUT2D eigenvalue weighted by Crippen LogP contribution is -3.00. The van der Waals surface area contributed by atoms with Crippen LogP contribution in [-0.4, -0.2) is 5.11 Å². The van der Waals surface area contributed by atoms with Crippen LogP contribution in [0.3, 0.4) is 0 Å². The average molecular weight is 307 g/mol. The molecule has 1 aromatic heterocycles. The maximum Gasteiger partial charge on any atom is 0.301 e. The third kappa shape index (κ3) is 3.13. The second-order valence-corrected chi connectivity index (χ2v) is 6.17. The summed E-state index contributed by atoms with van der Waals surface area (Å²) in [5.41, 5.74) is 2.40. The van der Waals surface area contributed by atoms with E-state index in [0.717, 1.165) is 5.56 Å². The molecule has 1 heterocycles. The number of aromatic hydroxyl groups is 1. The topological polar surface area (TPSA) is 20.2 Å². The minimum atomic E-state index is 0. The van der Waals surface area contributed by atoms with Crippen LogP contribution in [0.25, 0.3) is 20.9 Å². The average Bonchev–Trinajstić information content (AvgIpc) is 2.90. The molecule has 0 unspecified atom stereocenters. The van der Waals surface area contributed by atoms with Gasteiger partial charge in [0.05, 0.1) is 4.88 Å². The molecule has 2 aromatic carbocycles. The summed E-state index contributed by atoms with van der Waals surface area (Å²) in [6.07, 6.45) is 0. The predicted octanol–water partition coefficient (Wildman–Crippen LogP) is 2.13. The van der Waals surface area contributed by atoms with Crippen molar-refractivity contribution in [1.29, 1.82) is 0 Å². The van der Waals surface area contributed by atoms with E-state index in [1.165, 1.54) is 15.3 Å². The van der Waals surface area contributed by atoms with Crippen LogP contribution in [-0.2, 0) is 0 Å². The van der Waals surface area contributed by atoms with Crippen molar-refractivity contribution in [3.63, 3.8) is 0 Å². The van der Waals surface area contributed by atoms with Crippen LogP contribution in [0.2, 0.25) is 0 Å². The highest BCUT2D eigenvalue weighted by Crippen LogP contribution is 2.37. The Balaban J connectivity index is 0.00000133. The molecule has 0 fully saturated rings. The molecule has 0 aliphatic heterocycles. The first kappa shape index (κ1) is 14.0. The van der Waals surface area contributed by atoms with Crippen molar-refractivity contribution in [2.75, 3.05) is 0 Å². The fourth-order valence-electron chi connectivity index (χ4n) is 1.75. The van der Waals surface area contributed by atoms with Crippen LogP contribution in [0.4, 0.5) is 0 Å². The van der Waals surface area contributed by atoms with Gasteiger partial charge in [0, 0.05) is 11.6 Å². The van der Waals surface area contributed by atoms with Crippen LogP contribution in [0, 0.1) is 0 Å². The molecule has 0 saturated heterocycles. The quantitative estimate of drug-likeness (QED) is 0.568. The van der Waals surface area contributed by atoms with E-state index in [-0.39, 0.29) is 12.4 Å². The fraction of sp³-hybridized carbons (Fsp3) is 0. The minimum absolute atomic E-state index is 0. The van der Waals surface area contributed by atoms with Gasteiger partial charge in [-0.1, -0.05) is 18.2 Å². The minimum Gasteiger partial charge on any atom is -1.00 e. The summed E-state index contributed by atoms with van der Waals surface area (Å²) < 4.78 is 0. The normalized spacial score (nSPS) is 9.89. The molecule has 1 nitrogen and oxygen atoms in total. The van der Waals surface area contributed by atoms with Gasteiger partial charge in [0.2, 0.25) is 0 Å². The molecule has 0 atom stereocenters. The molecule has 0 radical (unpaired) electrons. The maximum absolute atomic E-state index is 9.29. The van der Waals surface area contributed by atoms with E-state index < -0.39 is 0 Å². The van der Waals surface area contributed by atoms with Gasteiger partial charge in [-0.05, 0) is 42.0 Å². The van der Waals surface area contributed by atoms with Crippen molar-refractivity contribution >= 4 is 20.7 Å². The van der Waals surface area contributed by atoms with E-state index in [0.29, 0.717) is 5.75 Å². The second-order valence-electron chi connectivity index (χ2n) is 3.95.